The number of amides is 3. The maximum Gasteiger partial charge on any atom is 0.326 e. The molecule has 0 radical (unpaired) electrons. The molecular formula is C15H13BrN2O5. The van der Waals surface area contributed by atoms with Crippen molar-refractivity contribution in [3.8, 4) is 0 Å². The molecule has 2 N–H and O–H groups in total. The molecule has 1 aromatic carbocycles. The van der Waals surface area contributed by atoms with Gasteiger partial charge in [-0.15, -0.1) is 0 Å². The molecule has 2 aliphatic rings. The van der Waals surface area contributed by atoms with Crippen LogP contribution in [-0.2, 0) is 9.59 Å². The number of fused-ring (bicyclic) bond motifs is 1. The SMILES string of the molecule is O=C(CN1C(=O)c2ccc(Br)cc2C1=O)NC(C(=O)O)C1CC1. The molecule has 0 saturated heterocycles. The number of hydrogen-bond donors (Lipinski definition) is 2. The Hall–Kier alpha value is -2.22. The Morgan fingerprint density at radius 3 is 2.52 bits per heavy atom. The van der Waals surface area contributed by atoms with Crippen LogP contribution < -0.4 is 5.32 Å². The van der Waals surface area contributed by atoms with Gasteiger partial charge in [-0.05, 0) is 37.0 Å². The fourth-order valence-electron chi connectivity index (χ4n) is 2.58. The van der Waals surface area contributed by atoms with Gasteiger partial charge in [0.05, 0.1) is 11.1 Å². The van der Waals surface area contributed by atoms with Gasteiger partial charge in [-0.25, -0.2) is 4.79 Å². The van der Waals surface area contributed by atoms with E-state index < -0.39 is 36.3 Å². The van der Waals surface area contributed by atoms with Gasteiger partial charge in [-0.2, -0.15) is 0 Å². The highest BCUT2D eigenvalue weighted by molar-refractivity contribution is 9.10. The van der Waals surface area contributed by atoms with E-state index in [9.17, 15) is 19.2 Å². The van der Waals surface area contributed by atoms with Crippen LogP contribution in [0, 0.1) is 5.92 Å². The van der Waals surface area contributed by atoms with Crippen LogP contribution in [-0.4, -0.2) is 46.3 Å². The molecule has 8 heteroatoms. The summed E-state index contributed by atoms with van der Waals surface area (Å²) in [6.45, 7) is -0.486. The zero-order valence-electron chi connectivity index (χ0n) is 11.9. The second-order valence-electron chi connectivity index (χ2n) is 5.61. The summed E-state index contributed by atoms with van der Waals surface area (Å²) in [7, 11) is 0. The van der Waals surface area contributed by atoms with Crippen molar-refractivity contribution in [2.45, 2.75) is 18.9 Å². The lowest BCUT2D eigenvalue weighted by molar-refractivity contribution is -0.142. The second kappa shape index (κ2) is 5.77. The lowest BCUT2D eigenvalue weighted by Gasteiger charge is -2.17. The number of aliphatic carboxylic acids is 1. The molecule has 1 heterocycles. The largest absolute Gasteiger partial charge is 0.480 e. The topological polar surface area (TPSA) is 104 Å². The first-order chi connectivity index (χ1) is 10.9. The van der Waals surface area contributed by atoms with Gasteiger partial charge in [0, 0.05) is 4.47 Å². The van der Waals surface area contributed by atoms with Gasteiger partial charge in [0.25, 0.3) is 11.8 Å². The van der Waals surface area contributed by atoms with Gasteiger partial charge in [0.1, 0.15) is 12.6 Å². The monoisotopic (exact) mass is 380 g/mol. The molecule has 1 unspecified atom stereocenters. The third kappa shape index (κ3) is 2.98. The van der Waals surface area contributed by atoms with E-state index in [1.54, 1.807) is 6.07 Å². The highest BCUT2D eigenvalue weighted by Crippen LogP contribution is 2.32. The van der Waals surface area contributed by atoms with Crippen LogP contribution in [0.1, 0.15) is 33.6 Å². The maximum atomic E-state index is 12.2. The number of nitrogens with one attached hydrogen (secondary N) is 1. The summed E-state index contributed by atoms with van der Waals surface area (Å²) in [6.07, 6.45) is 1.50. The van der Waals surface area contributed by atoms with Gasteiger partial charge in [0.15, 0.2) is 0 Å². The Balaban J connectivity index is 1.71. The van der Waals surface area contributed by atoms with Crippen molar-refractivity contribution in [1.29, 1.82) is 0 Å². The number of carbonyl (C=O) groups excluding carboxylic acids is 3. The first-order valence-electron chi connectivity index (χ1n) is 7.06. The van der Waals surface area contributed by atoms with E-state index in [0.717, 1.165) is 17.7 Å². The molecule has 7 nitrogen and oxygen atoms in total. The minimum Gasteiger partial charge on any atom is -0.480 e. The summed E-state index contributed by atoms with van der Waals surface area (Å²) in [4.78, 5) is 48.4. The summed E-state index contributed by atoms with van der Waals surface area (Å²) in [5.74, 6) is -2.94. The van der Waals surface area contributed by atoms with Gasteiger partial charge in [-0.3, -0.25) is 19.3 Å². The van der Waals surface area contributed by atoms with E-state index in [1.165, 1.54) is 12.1 Å². The van der Waals surface area contributed by atoms with Crippen LogP contribution in [0.3, 0.4) is 0 Å². The summed E-state index contributed by atoms with van der Waals surface area (Å²) in [5.41, 5.74) is 0.470. The number of benzene rings is 1. The van der Waals surface area contributed by atoms with Crippen molar-refractivity contribution < 1.29 is 24.3 Å². The molecule has 0 aromatic heterocycles. The molecular weight excluding hydrogens is 368 g/mol. The quantitative estimate of drug-likeness (QED) is 0.742. The molecule has 1 aliphatic heterocycles. The zero-order chi connectivity index (χ0) is 16.7. The maximum absolute atomic E-state index is 12.2. The molecule has 1 atom stereocenters. The normalized spacial score (nSPS) is 17.9. The van der Waals surface area contributed by atoms with Crippen molar-refractivity contribution in [3.05, 3.63) is 33.8 Å². The number of nitrogens with zero attached hydrogens (tertiary/aromatic N) is 1. The minimum absolute atomic E-state index is 0.0745. The van der Waals surface area contributed by atoms with Crippen molar-refractivity contribution in [2.75, 3.05) is 6.54 Å². The average molecular weight is 381 g/mol. The number of hydrogen-bond acceptors (Lipinski definition) is 4. The van der Waals surface area contributed by atoms with Crippen molar-refractivity contribution >= 4 is 39.6 Å². The third-order valence-electron chi connectivity index (χ3n) is 3.91. The van der Waals surface area contributed by atoms with Crippen LogP contribution in [0.25, 0.3) is 0 Å². The van der Waals surface area contributed by atoms with Crippen LogP contribution >= 0.6 is 15.9 Å². The Morgan fingerprint density at radius 1 is 1.26 bits per heavy atom. The summed E-state index contributed by atoms with van der Waals surface area (Å²) < 4.78 is 0.656. The van der Waals surface area contributed by atoms with Crippen molar-refractivity contribution in [1.82, 2.24) is 10.2 Å². The third-order valence-corrected chi connectivity index (χ3v) is 4.40. The van der Waals surface area contributed by atoms with Crippen molar-refractivity contribution in [2.24, 2.45) is 5.92 Å². The number of carbonyl (C=O) groups is 4. The van der Waals surface area contributed by atoms with Crippen LogP contribution in [0.2, 0.25) is 0 Å². The predicted octanol–water partition coefficient (Wildman–Crippen LogP) is 1.02. The van der Waals surface area contributed by atoms with E-state index in [4.69, 9.17) is 5.11 Å². The fraction of sp³-hybridized carbons (Fsp3) is 0.333. The summed E-state index contributed by atoms with van der Waals surface area (Å²) in [5, 5.41) is 11.5. The minimum atomic E-state index is -1.10. The highest BCUT2D eigenvalue weighted by Gasteiger charge is 2.40. The average Bonchev–Trinajstić information content (AvgIpc) is 3.30. The smallest absolute Gasteiger partial charge is 0.326 e. The lowest BCUT2D eigenvalue weighted by atomic mass is 10.1. The summed E-state index contributed by atoms with van der Waals surface area (Å²) >= 11 is 3.23. The Labute approximate surface area is 139 Å². The van der Waals surface area contributed by atoms with E-state index >= 15 is 0 Å². The lowest BCUT2D eigenvalue weighted by Crippen LogP contribution is -2.47. The zero-order valence-corrected chi connectivity index (χ0v) is 13.5. The van der Waals surface area contributed by atoms with Gasteiger partial charge in [-0.1, -0.05) is 15.9 Å². The standard InChI is InChI=1S/C15H13BrN2O5/c16-8-3-4-9-10(5-8)14(21)18(13(9)20)6-11(19)17-12(15(22)23)7-1-2-7/h3-5,7,12H,1-2,6H2,(H,17,19)(H,22,23). The molecule has 120 valence electrons. The Kier molecular flexibility index (Phi) is 3.93. The molecule has 3 amide bonds. The van der Waals surface area contributed by atoms with E-state index in [-0.39, 0.29) is 17.0 Å². The number of imide groups is 1. The highest BCUT2D eigenvalue weighted by atomic mass is 79.9. The number of halogens is 1. The first-order valence-corrected chi connectivity index (χ1v) is 7.85. The Morgan fingerprint density at radius 2 is 1.91 bits per heavy atom. The molecule has 1 aliphatic carbocycles. The number of carboxylic acids is 1. The summed E-state index contributed by atoms with van der Waals surface area (Å²) in [6, 6.07) is 3.72. The van der Waals surface area contributed by atoms with E-state index in [1.807, 2.05) is 0 Å². The molecule has 0 spiro atoms. The molecule has 23 heavy (non-hydrogen) atoms. The molecule has 3 rings (SSSR count). The molecule has 1 fully saturated rings. The molecule has 1 aromatic rings. The fourth-order valence-corrected chi connectivity index (χ4v) is 2.94. The number of rotatable bonds is 5. The number of carboxylic acid groups (broad SMARTS) is 1. The first kappa shape index (κ1) is 15.7. The van der Waals surface area contributed by atoms with Gasteiger partial charge < -0.3 is 10.4 Å². The van der Waals surface area contributed by atoms with Crippen LogP contribution in [0.5, 0.6) is 0 Å². The van der Waals surface area contributed by atoms with Crippen molar-refractivity contribution in [3.63, 3.8) is 0 Å². The molecule has 1 saturated carbocycles. The van der Waals surface area contributed by atoms with Crippen LogP contribution in [0.15, 0.2) is 22.7 Å². The van der Waals surface area contributed by atoms with Gasteiger partial charge >= 0.3 is 5.97 Å². The molecule has 0 bridgehead atoms. The van der Waals surface area contributed by atoms with Gasteiger partial charge in [0.2, 0.25) is 5.91 Å². The van der Waals surface area contributed by atoms with Crippen LogP contribution in [0.4, 0.5) is 0 Å². The van der Waals surface area contributed by atoms with E-state index in [2.05, 4.69) is 21.2 Å². The predicted molar refractivity (Wildman–Crippen MR) is 81.8 cm³/mol. The second-order valence-corrected chi connectivity index (χ2v) is 6.52. The Bertz CT molecular complexity index is 729. The van der Waals surface area contributed by atoms with E-state index in [0.29, 0.717) is 4.47 Å².